The Balaban J connectivity index is 2.67. The van der Waals surface area contributed by atoms with E-state index in [0.717, 1.165) is 5.56 Å². The van der Waals surface area contributed by atoms with Crippen molar-refractivity contribution in [1.82, 2.24) is 5.32 Å². The Morgan fingerprint density at radius 2 is 1.92 bits per heavy atom. The van der Waals surface area contributed by atoms with Gasteiger partial charge in [0.25, 0.3) is 0 Å². The van der Waals surface area contributed by atoms with Gasteiger partial charge in [-0.1, -0.05) is 19.9 Å². The molecule has 1 rings (SSSR count). The van der Waals surface area contributed by atoms with Crippen LogP contribution in [0.1, 0.15) is 39.2 Å². The summed E-state index contributed by atoms with van der Waals surface area (Å²) < 4.78 is 5.05. The first-order chi connectivity index (χ1) is 11.2. The number of carbonyl (C=O) groups is 2. The molecule has 0 spiro atoms. The molecule has 0 heterocycles. The highest BCUT2D eigenvalue weighted by atomic mass is 16.5. The van der Waals surface area contributed by atoms with Crippen LogP contribution in [-0.4, -0.2) is 41.2 Å². The molecule has 0 bridgehead atoms. The minimum absolute atomic E-state index is 0.0222. The molecule has 0 aliphatic carbocycles. The predicted molar refractivity (Wildman–Crippen MR) is 91.1 cm³/mol. The summed E-state index contributed by atoms with van der Waals surface area (Å²) in [5, 5.41) is 21.5. The number of aliphatic hydroxyl groups excluding tert-OH is 1. The number of ketones is 1. The van der Waals surface area contributed by atoms with E-state index in [9.17, 15) is 19.8 Å². The summed E-state index contributed by atoms with van der Waals surface area (Å²) in [5.74, 6) is -0.00671. The summed E-state index contributed by atoms with van der Waals surface area (Å²) in [6.45, 7) is 5.27. The van der Waals surface area contributed by atoms with Gasteiger partial charge in [0.2, 0.25) is 5.91 Å². The number of rotatable bonds is 9. The second kappa shape index (κ2) is 9.27. The molecule has 0 aliphatic rings. The first kappa shape index (κ1) is 20.0. The van der Waals surface area contributed by atoms with E-state index in [0.29, 0.717) is 12.2 Å². The molecule has 0 fully saturated rings. The highest BCUT2D eigenvalue weighted by Crippen LogP contribution is 2.26. The number of carbonyl (C=O) groups excluding carboxylic acids is 2. The molecule has 24 heavy (non-hydrogen) atoms. The Morgan fingerprint density at radius 3 is 2.46 bits per heavy atom. The van der Waals surface area contributed by atoms with Crippen LogP contribution in [0, 0.1) is 5.92 Å². The maximum Gasteiger partial charge on any atom is 0.223 e. The van der Waals surface area contributed by atoms with Crippen LogP contribution in [0.25, 0.3) is 0 Å². The van der Waals surface area contributed by atoms with E-state index in [2.05, 4.69) is 5.32 Å². The van der Waals surface area contributed by atoms with E-state index >= 15 is 0 Å². The molecule has 0 saturated carbocycles. The Hall–Kier alpha value is -2.08. The molecular formula is C18H27NO5. The highest BCUT2D eigenvalue weighted by molar-refractivity contribution is 5.89. The number of ether oxygens (including phenoxy) is 1. The van der Waals surface area contributed by atoms with Crippen LogP contribution in [0.2, 0.25) is 0 Å². The number of hydrogen-bond donors (Lipinski definition) is 3. The molecule has 0 radical (unpaired) electrons. The minimum atomic E-state index is -0.739. The molecule has 134 valence electrons. The first-order valence-corrected chi connectivity index (χ1v) is 8.10. The van der Waals surface area contributed by atoms with Crippen LogP contribution in [0.15, 0.2) is 18.2 Å². The number of phenolic OH excluding ortho intramolecular Hbond substituents is 1. The van der Waals surface area contributed by atoms with Crippen molar-refractivity contribution in [2.24, 2.45) is 5.92 Å². The Bertz CT molecular complexity index is 569. The summed E-state index contributed by atoms with van der Waals surface area (Å²) in [6, 6.07) is 4.39. The summed E-state index contributed by atoms with van der Waals surface area (Å²) in [6.07, 6.45) is -0.0000866. The van der Waals surface area contributed by atoms with Crippen molar-refractivity contribution in [1.29, 1.82) is 0 Å². The number of methoxy groups -OCH3 is 1. The average molecular weight is 337 g/mol. The number of aliphatic hydroxyl groups is 1. The molecule has 1 aromatic rings. The second-order valence-electron chi connectivity index (χ2n) is 6.31. The van der Waals surface area contributed by atoms with Crippen molar-refractivity contribution in [2.45, 2.75) is 52.2 Å². The van der Waals surface area contributed by atoms with E-state index in [-0.39, 0.29) is 36.2 Å². The van der Waals surface area contributed by atoms with Crippen LogP contribution >= 0.6 is 0 Å². The van der Waals surface area contributed by atoms with Gasteiger partial charge in [-0.2, -0.15) is 0 Å². The SMILES string of the molecule is COc1cc(CCC(=O)[C@@H](NC(=O)CC(C)O)C(C)C)ccc1O. The van der Waals surface area contributed by atoms with E-state index in [1.54, 1.807) is 12.1 Å². The number of amides is 1. The molecule has 6 nitrogen and oxygen atoms in total. The van der Waals surface area contributed by atoms with Crippen LogP contribution in [0.4, 0.5) is 0 Å². The molecular weight excluding hydrogens is 310 g/mol. The fourth-order valence-electron chi connectivity index (χ4n) is 2.42. The molecule has 0 aromatic heterocycles. The Labute approximate surface area is 142 Å². The lowest BCUT2D eigenvalue weighted by Crippen LogP contribution is -2.45. The third-order valence-corrected chi connectivity index (χ3v) is 3.72. The average Bonchev–Trinajstić information content (AvgIpc) is 2.50. The van der Waals surface area contributed by atoms with Crippen LogP contribution in [0.5, 0.6) is 11.5 Å². The predicted octanol–water partition coefficient (Wildman–Crippen LogP) is 1.81. The Kier molecular flexibility index (Phi) is 7.71. The lowest BCUT2D eigenvalue weighted by atomic mass is 9.95. The van der Waals surface area contributed by atoms with Gasteiger partial charge in [0, 0.05) is 6.42 Å². The van der Waals surface area contributed by atoms with Crippen molar-refractivity contribution in [2.75, 3.05) is 7.11 Å². The molecule has 2 atom stereocenters. The molecule has 3 N–H and O–H groups in total. The third-order valence-electron chi connectivity index (χ3n) is 3.72. The molecule has 0 aliphatic heterocycles. The lowest BCUT2D eigenvalue weighted by Gasteiger charge is -2.21. The van der Waals surface area contributed by atoms with E-state index in [4.69, 9.17) is 4.74 Å². The summed E-state index contributed by atoms with van der Waals surface area (Å²) in [5.41, 5.74) is 0.871. The number of aryl methyl sites for hydroxylation is 1. The summed E-state index contributed by atoms with van der Waals surface area (Å²) >= 11 is 0. The largest absolute Gasteiger partial charge is 0.504 e. The van der Waals surface area contributed by atoms with Crippen LogP contribution in [-0.2, 0) is 16.0 Å². The molecule has 6 heteroatoms. The minimum Gasteiger partial charge on any atom is -0.504 e. The second-order valence-corrected chi connectivity index (χ2v) is 6.31. The first-order valence-electron chi connectivity index (χ1n) is 8.10. The Morgan fingerprint density at radius 1 is 1.25 bits per heavy atom. The van der Waals surface area contributed by atoms with Gasteiger partial charge in [-0.05, 0) is 37.0 Å². The van der Waals surface area contributed by atoms with Crippen molar-refractivity contribution < 1.29 is 24.5 Å². The van der Waals surface area contributed by atoms with Gasteiger partial charge in [0.05, 0.1) is 25.7 Å². The van der Waals surface area contributed by atoms with Gasteiger partial charge in [-0.15, -0.1) is 0 Å². The fourth-order valence-corrected chi connectivity index (χ4v) is 2.42. The number of aromatic hydroxyl groups is 1. The monoisotopic (exact) mass is 337 g/mol. The number of nitrogens with one attached hydrogen (secondary N) is 1. The summed E-state index contributed by atoms with van der Waals surface area (Å²) in [4.78, 5) is 24.2. The van der Waals surface area contributed by atoms with Gasteiger partial charge in [0.15, 0.2) is 17.3 Å². The highest BCUT2D eigenvalue weighted by Gasteiger charge is 2.24. The van der Waals surface area contributed by atoms with Gasteiger partial charge in [-0.3, -0.25) is 9.59 Å². The van der Waals surface area contributed by atoms with Crippen LogP contribution < -0.4 is 10.1 Å². The summed E-state index contributed by atoms with van der Waals surface area (Å²) in [7, 11) is 1.47. The lowest BCUT2D eigenvalue weighted by molar-refractivity contribution is -0.129. The maximum absolute atomic E-state index is 12.4. The zero-order chi connectivity index (χ0) is 18.3. The van der Waals surface area contributed by atoms with Crippen molar-refractivity contribution in [3.05, 3.63) is 23.8 Å². The standard InChI is InChI=1S/C18H27NO5/c1-11(2)18(19-17(23)9-12(3)20)15(22)8-6-13-5-7-14(21)16(10-13)24-4/h5,7,10-12,18,20-21H,6,8-9H2,1-4H3,(H,19,23)/t12?,18-/m0/s1. The van der Waals surface area contributed by atoms with E-state index < -0.39 is 12.1 Å². The number of phenols is 1. The fraction of sp³-hybridized carbons (Fsp3) is 0.556. The molecule has 1 unspecified atom stereocenters. The van der Waals surface area contributed by atoms with E-state index in [1.807, 2.05) is 13.8 Å². The van der Waals surface area contributed by atoms with Gasteiger partial charge < -0.3 is 20.3 Å². The topological polar surface area (TPSA) is 95.9 Å². The third kappa shape index (κ3) is 6.20. The normalized spacial score (nSPS) is 13.4. The maximum atomic E-state index is 12.4. The smallest absolute Gasteiger partial charge is 0.223 e. The number of benzene rings is 1. The number of hydrogen-bond acceptors (Lipinski definition) is 5. The quantitative estimate of drug-likeness (QED) is 0.639. The molecule has 0 saturated heterocycles. The van der Waals surface area contributed by atoms with Gasteiger partial charge in [0.1, 0.15) is 0 Å². The van der Waals surface area contributed by atoms with E-state index in [1.165, 1.54) is 20.1 Å². The molecule has 1 amide bonds. The zero-order valence-electron chi connectivity index (χ0n) is 14.7. The van der Waals surface area contributed by atoms with Gasteiger partial charge >= 0.3 is 0 Å². The van der Waals surface area contributed by atoms with Gasteiger partial charge in [-0.25, -0.2) is 0 Å². The van der Waals surface area contributed by atoms with Crippen LogP contribution in [0.3, 0.4) is 0 Å². The van der Waals surface area contributed by atoms with Crippen molar-refractivity contribution in [3.63, 3.8) is 0 Å². The molecule has 1 aromatic carbocycles. The number of Topliss-reactive ketones (excluding diaryl/α,β-unsaturated/α-hetero) is 1. The van der Waals surface area contributed by atoms with Crippen molar-refractivity contribution in [3.8, 4) is 11.5 Å². The van der Waals surface area contributed by atoms with Crippen molar-refractivity contribution >= 4 is 11.7 Å². The zero-order valence-corrected chi connectivity index (χ0v) is 14.7.